The van der Waals surface area contributed by atoms with Crippen LogP contribution < -0.4 is 10.1 Å². The van der Waals surface area contributed by atoms with Gasteiger partial charge in [-0.15, -0.1) is 28.1 Å². The first-order valence-corrected chi connectivity index (χ1v) is 14.6. The highest BCUT2D eigenvalue weighted by atomic mass is 32.2. The minimum absolute atomic E-state index is 0.0790. The van der Waals surface area contributed by atoms with Crippen molar-refractivity contribution >= 4 is 40.0 Å². The van der Waals surface area contributed by atoms with E-state index in [1.54, 1.807) is 6.08 Å². The van der Waals surface area contributed by atoms with Gasteiger partial charge in [-0.05, 0) is 42.7 Å². The van der Waals surface area contributed by atoms with E-state index in [1.807, 2.05) is 65.4 Å². The minimum atomic E-state index is -0.504. The molecule has 8 nitrogen and oxygen atoms in total. The average Bonchev–Trinajstić information content (AvgIpc) is 3.55. The first-order chi connectivity index (χ1) is 19.3. The van der Waals surface area contributed by atoms with Gasteiger partial charge in [-0.1, -0.05) is 61.5 Å². The lowest BCUT2D eigenvalue weighted by atomic mass is 10.0. The Morgan fingerprint density at radius 3 is 2.45 bits per heavy atom. The van der Waals surface area contributed by atoms with E-state index >= 15 is 0 Å². The zero-order valence-electron chi connectivity index (χ0n) is 23.0. The maximum Gasteiger partial charge on any atom is 0.341 e. The van der Waals surface area contributed by atoms with Crippen molar-refractivity contribution in [3.8, 4) is 28.3 Å². The van der Waals surface area contributed by atoms with E-state index in [9.17, 15) is 9.59 Å². The van der Waals surface area contributed by atoms with Crippen LogP contribution in [-0.4, -0.2) is 46.1 Å². The van der Waals surface area contributed by atoms with E-state index in [4.69, 9.17) is 9.47 Å². The third-order valence-corrected chi connectivity index (χ3v) is 7.71. The largest absolute Gasteiger partial charge is 0.493 e. The Morgan fingerprint density at radius 1 is 1.10 bits per heavy atom. The van der Waals surface area contributed by atoms with Gasteiger partial charge in [0.1, 0.15) is 16.3 Å². The number of methoxy groups -OCH3 is 1. The van der Waals surface area contributed by atoms with Crippen LogP contribution in [0, 0.1) is 12.8 Å². The fraction of sp³-hybridized carbons (Fsp3) is 0.267. The molecule has 0 aliphatic carbocycles. The third kappa shape index (κ3) is 7.00. The lowest BCUT2D eigenvalue weighted by Gasteiger charge is -2.10. The number of carbonyl (C=O) groups excluding carboxylic acids is 2. The molecule has 0 unspecified atom stereocenters. The quantitative estimate of drug-likeness (QED) is 0.114. The summed E-state index contributed by atoms with van der Waals surface area (Å²) in [5.41, 5.74) is 3.93. The Hall–Kier alpha value is -3.89. The maximum atomic E-state index is 13.0. The van der Waals surface area contributed by atoms with Crippen molar-refractivity contribution in [3.05, 3.63) is 77.7 Å². The summed E-state index contributed by atoms with van der Waals surface area (Å²) in [7, 11) is 1.33. The molecular weight excluding hydrogens is 544 g/mol. The Labute approximate surface area is 242 Å². The van der Waals surface area contributed by atoms with Crippen LogP contribution in [0.4, 0.5) is 5.00 Å². The number of rotatable bonds is 12. The van der Waals surface area contributed by atoms with Crippen LogP contribution in [0.1, 0.15) is 29.8 Å². The number of hydrogen-bond acceptors (Lipinski definition) is 8. The van der Waals surface area contributed by atoms with Gasteiger partial charge in [-0.25, -0.2) is 4.79 Å². The van der Waals surface area contributed by atoms with Crippen LogP contribution >= 0.6 is 23.1 Å². The van der Waals surface area contributed by atoms with Gasteiger partial charge in [0.05, 0.1) is 19.5 Å². The van der Waals surface area contributed by atoms with Gasteiger partial charge in [0.25, 0.3) is 0 Å². The second kappa shape index (κ2) is 13.5. The molecule has 2 aromatic carbocycles. The average molecular weight is 577 g/mol. The Morgan fingerprint density at radius 2 is 1.80 bits per heavy atom. The Bertz CT molecular complexity index is 1470. The van der Waals surface area contributed by atoms with Crippen LogP contribution in [-0.2, 0) is 16.1 Å². The molecule has 2 heterocycles. The smallest absolute Gasteiger partial charge is 0.341 e. The number of nitrogens with one attached hydrogen (secondary N) is 1. The van der Waals surface area contributed by atoms with Gasteiger partial charge in [0, 0.05) is 23.1 Å². The molecule has 0 aliphatic heterocycles. The second-order valence-corrected chi connectivity index (χ2v) is 11.3. The topological polar surface area (TPSA) is 95.3 Å². The Kier molecular flexibility index (Phi) is 9.79. The van der Waals surface area contributed by atoms with E-state index in [0.717, 1.165) is 28.0 Å². The molecule has 0 radical (unpaired) electrons. The predicted octanol–water partition coefficient (Wildman–Crippen LogP) is 6.72. The fourth-order valence-corrected chi connectivity index (χ4v) is 5.58. The van der Waals surface area contributed by atoms with Gasteiger partial charge in [-0.3, -0.25) is 9.36 Å². The van der Waals surface area contributed by atoms with Crippen LogP contribution in [0.2, 0.25) is 0 Å². The van der Waals surface area contributed by atoms with E-state index in [0.29, 0.717) is 40.6 Å². The summed E-state index contributed by atoms with van der Waals surface area (Å²) in [6.07, 6.45) is 1.76. The zero-order valence-corrected chi connectivity index (χ0v) is 24.6. The number of aryl methyl sites for hydroxylation is 1. The molecule has 4 rings (SSSR count). The molecule has 40 heavy (non-hydrogen) atoms. The normalized spacial score (nSPS) is 10.9. The van der Waals surface area contributed by atoms with Crippen molar-refractivity contribution in [3.63, 3.8) is 0 Å². The Balaban J connectivity index is 1.48. The second-order valence-electron chi connectivity index (χ2n) is 9.48. The van der Waals surface area contributed by atoms with Crippen LogP contribution in [0.15, 0.2) is 71.7 Å². The van der Waals surface area contributed by atoms with E-state index in [1.165, 1.54) is 30.2 Å². The molecule has 0 saturated heterocycles. The fourth-order valence-electron chi connectivity index (χ4n) is 3.86. The lowest BCUT2D eigenvalue weighted by Crippen LogP contribution is -2.16. The molecule has 0 spiro atoms. The summed E-state index contributed by atoms with van der Waals surface area (Å²) < 4.78 is 12.7. The van der Waals surface area contributed by atoms with Crippen molar-refractivity contribution in [1.29, 1.82) is 0 Å². The minimum Gasteiger partial charge on any atom is -0.493 e. The summed E-state index contributed by atoms with van der Waals surface area (Å²) in [6.45, 7) is 11.2. The molecule has 4 aromatic rings. The number of hydrogen-bond donors (Lipinski definition) is 1. The standard InChI is InChI=1S/C30H32N4O4S2/c1-6-15-34-27(22-11-13-23(14-12-22)38-16-19(2)3)32-33-30(34)40-18-25(35)31-28-26(29(36)37-5)24(17-39-28)21-9-7-20(4)8-10-21/h6-14,17,19H,1,15-16,18H2,2-5H3,(H,31,35). The zero-order chi connectivity index (χ0) is 28.6. The van der Waals surface area contributed by atoms with Crippen LogP contribution in [0.5, 0.6) is 5.75 Å². The van der Waals surface area contributed by atoms with Gasteiger partial charge in [-0.2, -0.15) is 0 Å². The number of ether oxygens (including phenoxy) is 2. The van der Waals surface area contributed by atoms with E-state index in [2.05, 4.69) is 35.9 Å². The first-order valence-electron chi connectivity index (χ1n) is 12.8. The predicted molar refractivity (Wildman–Crippen MR) is 161 cm³/mol. The number of benzene rings is 2. The van der Waals surface area contributed by atoms with Crippen molar-refractivity contribution in [1.82, 2.24) is 14.8 Å². The molecule has 0 aliphatic rings. The summed E-state index contributed by atoms with van der Waals surface area (Å²) in [4.78, 5) is 25.6. The number of allylic oxidation sites excluding steroid dienone is 1. The highest BCUT2D eigenvalue weighted by Crippen LogP contribution is 2.36. The van der Waals surface area contributed by atoms with Gasteiger partial charge < -0.3 is 14.8 Å². The van der Waals surface area contributed by atoms with E-state index in [-0.39, 0.29) is 11.7 Å². The number of aromatic nitrogens is 3. The molecule has 0 saturated carbocycles. The number of carbonyl (C=O) groups is 2. The summed E-state index contributed by atoms with van der Waals surface area (Å²) >= 11 is 2.55. The number of thioether (sulfide) groups is 1. The maximum absolute atomic E-state index is 13.0. The highest BCUT2D eigenvalue weighted by Gasteiger charge is 2.23. The number of anilines is 1. The van der Waals surface area contributed by atoms with Gasteiger partial charge in [0.2, 0.25) is 5.91 Å². The van der Waals surface area contributed by atoms with Crippen molar-refractivity contribution in [2.24, 2.45) is 5.92 Å². The van der Waals surface area contributed by atoms with Crippen molar-refractivity contribution in [2.45, 2.75) is 32.5 Å². The van der Waals surface area contributed by atoms with Crippen LogP contribution in [0.25, 0.3) is 22.5 Å². The molecule has 2 aromatic heterocycles. The summed E-state index contributed by atoms with van der Waals surface area (Å²) in [5, 5.41) is 14.5. The monoisotopic (exact) mass is 576 g/mol. The summed E-state index contributed by atoms with van der Waals surface area (Å²) in [6, 6.07) is 15.6. The molecular formula is C30H32N4O4S2. The number of thiophene rings is 1. The van der Waals surface area contributed by atoms with Crippen molar-refractivity contribution in [2.75, 3.05) is 24.8 Å². The molecule has 1 N–H and O–H groups in total. The lowest BCUT2D eigenvalue weighted by molar-refractivity contribution is -0.113. The molecule has 1 amide bonds. The SMILES string of the molecule is C=CCn1c(SCC(=O)Nc2scc(-c3ccc(C)cc3)c2C(=O)OC)nnc1-c1ccc(OCC(C)C)cc1. The summed E-state index contributed by atoms with van der Waals surface area (Å²) in [5.74, 6) is 1.21. The highest BCUT2D eigenvalue weighted by molar-refractivity contribution is 7.99. The molecule has 0 atom stereocenters. The van der Waals surface area contributed by atoms with Gasteiger partial charge >= 0.3 is 5.97 Å². The first kappa shape index (κ1) is 29.1. The molecule has 0 bridgehead atoms. The number of amides is 1. The molecule has 10 heteroatoms. The van der Waals surface area contributed by atoms with E-state index < -0.39 is 5.97 Å². The number of esters is 1. The molecule has 208 valence electrons. The van der Waals surface area contributed by atoms with Crippen LogP contribution in [0.3, 0.4) is 0 Å². The van der Waals surface area contributed by atoms with Gasteiger partial charge in [0.15, 0.2) is 11.0 Å². The molecule has 0 fully saturated rings. The third-order valence-electron chi connectivity index (χ3n) is 5.85. The van der Waals surface area contributed by atoms with Crippen molar-refractivity contribution < 1.29 is 19.1 Å². The number of nitrogens with zero attached hydrogens (tertiary/aromatic N) is 3.